The Balaban J connectivity index is 2.45. The molecule has 1 atom stereocenters. The Hall–Kier alpha value is -2.49. The van der Waals surface area contributed by atoms with Gasteiger partial charge in [0.25, 0.3) is 5.91 Å². The summed E-state index contributed by atoms with van der Waals surface area (Å²) in [5.41, 5.74) is -2.24. The molecule has 1 fully saturated rings. The molecule has 0 radical (unpaired) electrons. The number of esters is 1. The van der Waals surface area contributed by atoms with Crippen molar-refractivity contribution in [3.8, 4) is 6.07 Å². The van der Waals surface area contributed by atoms with Gasteiger partial charge < -0.3 is 9.64 Å². The standard InChI is InChI=1S/C15H14F2N2O3/c1-15(14(21)22-2)4-3-5-19(15)13(20)12-10(16)6-9(8-18)7-11(12)17/h6-7H,3-5H2,1-2H3. The van der Waals surface area contributed by atoms with Crippen LogP contribution < -0.4 is 0 Å². The van der Waals surface area contributed by atoms with Gasteiger partial charge in [0.15, 0.2) is 0 Å². The van der Waals surface area contributed by atoms with Crippen LogP contribution >= 0.6 is 0 Å². The van der Waals surface area contributed by atoms with Crippen molar-refractivity contribution in [2.75, 3.05) is 13.7 Å². The fourth-order valence-electron chi connectivity index (χ4n) is 2.70. The number of carbonyl (C=O) groups excluding carboxylic acids is 2. The highest BCUT2D eigenvalue weighted by atomic mass is 19.1. The lowest BCUT2D eigenvalue weighted by molar-refractivity contribution is -0.151. The highest BCUT2D eigenvalue weighted by Gasteiger charge is 2.47. The normalized spacial score (nSPS) is 20.6. The van der Waals surface area contributed by atoms with Gasteiger partial charge in [-0.1, -0.05) is 0 Å². The molecule has 1 aromatic carbocycles. The number of carbonyl (C=O) groups is 2. The molecule has 1 aliphatic heterocycles. The third kappa shape index (κ3) is 2.41. The van der Waals surface area contributed by atoms with Gasteiger partial charge in [0.1, 0.15) is 22.7 Å². The maximum absolute atomic E-state index is 14.0. The van der Waals surface area contributed by atoms with Crippen LogP contribution in [0.2, 0.25) is 0 Å². The molecule has 22 heavy (non-hydrogen) atoms. The van der Waals surface area contributed by atoms with Gasteiger partial charge in [-0.3, -0.25) is 4.79 Å². The molecule has 1 aromatic rings. The molecule has 5 nitrogen and oxygen atoms in total. The summed E-state index contributed by atoms with van der Waals surface area (Å²) < 4.78 is 32.7. The van der Waals surface area contributed by atoms with Crippen molar-refractivity contribution in [2.45, 2.75) is 25.3 Å². The Morgan fingerprint density at radius 3 is 2.45 bits per heavy atom. The van der Waals surface area contributed by atoms with Gasteiger partial charge in [-0.15, -0.1) is 0 Å². The first-order chi connectivity index (χ1) is 10.3. The summed E-state index contributed by atoms with van der Waals surface area (Å²) in [5, 5.41) is 8.68. The average molecular weight is 308 g/mol. The van der Waals surface area contributed by atoms with Crippen LogP contribution in [0.5, 0.6) is 0 Å². The number of halogens is 2. The highest BCUT2D eigenvalue weighted by molar-refractivity contribution is 5.99. The topological polar surface area (TPSA) is 70.4 Å². The number of benzene rings is 1. The minimum Gasteiger partial charge on any atom is -0.467 e. The number of nitrogens with zero attached hydrogens (tertiary/aromatic N) is 2. The Kier molecular flexibility index (Phi) is 4.13. The molecule has 0 aliphatic carbocycles. The van der Waals surface area contributed by atoms with Gasteiger partial charge in [0, 0.05) is 6.54 Å². The molecule has 1 saturated heterocycles. The molecule has 116 valence electrons. The number of methoxy groups -OCH3 is 1. The van der Waals surface area contributed by atoms with Crippen molar-refractivity contribution in [3.05, 3.63) is 34.9 Å². The maximum Gasteiger partial charge on any atom is 0.331 e. The molecule has 1 amide bonds. The van der Waals surface area contributed by atoms with E-state index in [0.717, 1.165) is 17.0 Å². The lowest BCUT2D eigenvalue weighted by atomic mass is 9.98. The molecule has 7 heteroatoms. The second kappa shape index (κ2) is 5.72. The third-order valence-electron chi connectivity index (χ3n) is 3.90. The van der Waals surface area contributed by atoms with Crippen LogP contribution in [0.15, 0.2) is 12.1 Å². The summed E-state index contributed by atoms with van der Waals surface area (Å²) in [7, 11) is 1.19. The first-order valence-electron chi connectivity index (χ1n) is 6.64. The van der Waals surface area contributed by atoms with Crippen LogP contribution in [-0.4, -0.2) is 36.0 Å². The van der Waals surface area contributed by atoms with Crippen LogP contribution in [0.4, 0.5) is 8.78 Å². The smallest absolute Gasteiger partial charge is 0.331 e. The van der Waals surface area contributed by atoms with Gasteiger partial charge in [0.05, 0.1) is 18.7 Å². The summed E-state index contributed by atoms with van der Waals surface area (Å²) in [5.74, 6) is -3.81. The monoisotopic (exact) mass is 308 g/mol. The first kappa shape index (κ1) is 15.9. The van der Waals surface area contributed by atoms with E-state index in [4.69, 9.17) is 5.26 Å². The second-order valence-electron chi connectivity index (χ2n) is 5.25. The van der Waals surface area contributed by atoms with Crippen molar-refractivity contribution in [2.24, 2.45) is 0 Å². The Morgan fingerprint density at radius 1 is 1.36 bits per heavy atom. The predicted octanol–water partition coefficient (Wildman–Crippen LogP) is 2.00. The summed E-state index contributed by atoms with van der Waals surface area (Å²) >= 11 is 0. The number of hydrogen-bond donors (Lipinski definition) is 0. The molecule has 1 heterocycles. The van der Waals surface area contributed by atoms with Crippen LogP contribution in [0.1, 0.15) is 35.7 Å². The predicted molar refractivity (Wildman–Crippen MR) is 71.8 cm³/mol. The van der Waals surface area contributed by atoms with Crippen molar-refractivity contribution < 1.29 is 23.1 Å². The van der Waals surface area contributed by atoms with Gasteiger partial charge in [0.2, 0.25) is 0 Å². The minimum atomic E-state index is -1.25. The maximum atomic E-state index is 14.0. The number of nitriles is 1. The van der Waals surface area contributed by atoms with E-state index in [9.17, 15) is 18.4 Å². The van der Waals surface area contributed by atoms with Crippen LogP contribution in [0.25, 0.3) is 0 Å². The number of rotatable bonds is 2. The van der Waals surface area contributed by atoms with Gasteiger partial charge in [-0.05, 0) is 31.9 Å². The highest BCUT2D eigenvalue weighted by Crippen LogP contribution is 2.32. The molecule has 0 N–H and O–H groups in total. The van der Waals surface area contributed by atoms with Gasteiger partial charge in [-0.25, -0.2) is 13.6 Å². The summed E-state index contributed by atoms with van der Waals surface area (Å²) in [6.07, 6.45) is 0.877. The fraction of sp³-hybridized carbons (Fsp3) is 0.400. The number of amides is 1. The van der Waals surface area contributed by atoms with E-state index in [1.807, 2.05) is 0 Å². The zero-order valence-corrected chi connectivity index (χ0v) is 12.2. The molecule has 0 spiro atoms. The van der Waals surface area contributed by atoms with Crippen LogP contribution in [0, 0.1) is 23.0 Å². The molecule has 0 aromatic heterocycles. The van der Waals surface area contributed by atoms with Crippen LogP contribution in [0.3, 0.4) is 0 Å². The SMILES string of the molecule is COC(=O)C1(C)CCCN1C(=O)c1c(F)cc(C#N)cc1F. The van der Waals surface area contributed by atoms with Crippen LogP contribution in [-0.2, 0) is 9.53 Å². The number of ether oxygens (including phenoxy) is 1. The zero-order valence-electron chi connectivity index (χ0n) is 12.2. The molecule has 2 rings (SSSR count). The van der Waals surface area contributed by atoms with E-state index in [-0.39, 0.29) is 12.1 Å². The second-order valence-corrected chi connectivity index (χ2v) is 5.25. The Labute approximate surface area is 126 Å². The third-order valence-corrected chi connectivity index (χ3v) is 3.90. The molecule has 0 saturated carbocycles. The van der Waals surface area contributed by atoms with Gasteiger partial charge in [-0.2, -0.15) is 5.26 Å². The zero-order chi connectivity index (χ0) is 16.5. The molecular formula is C15H14F2N2O3. The van der Waals surface area contributed by atoms with Crippen molar-refractivity contribution in [3.63, 3.8) is 0 Å². The fourth-order valence-corrected chi connectivity index (χ4v) is 2.70. The number of likely N-dealkylation sites (tertiary alicyclic amines) is 1. The largest absolute Gasteiger partial charge is 0.467 e. The van der Waals surface area contributed by atoms with E-state index in [0.29, 0.717) is 12.8 Å². The van der Waals surface area contributed by atoms with E-state index < -0.39 is 34.6 Å². The minimum absolute atomic E-state index is 0.198. The first-order valence-corrected chi connectivity index (χ1v) is 6.64. The Bertz CT molecular complexity index is 661. The van der Waals surface area contributed by atoms with E-state index in [2.05, 4.69) is 4.74 Å². The molecule has 0 bridgehead atoms. The molecule has 1 aliphatic rings. The molecule has 1 unspecified atom stereocenters. The van der Waals surface area contributed by atoms with Gasteiger partial charge >= 0.3 is 5.97 Å². The number of hydrogen-bond acceptors (Lipinski definition) is 4. The lowest BCUT2D eigenvalue weighted by Crippen LogP contribution is -2.51. The van der Waals surface area contributed by atoms with E-state index >= 15 is 0 Å². The summed E-state index contributed by atoms with van der Waals surface area (Å²) in [6, 6.07) is 3.20. The van der Waals surface area contributed by atoms with Crippen molar-refractivity contribution >= 4 is 11.9 Å². The molecular weight excluding hydrogens is 294 g/mol. The average Bonchev–Trinajstić information content (AvgIpc) is 2.88. The summed E-state index contributed by atoms with van der Waals surface area (Å²) in [6.45, 7) is 1.70. The summed E-state index contributed by atoms with van der Waals surface area (Å²) in [4.78, 5) is 25.5. The van der Waals surface area contributed by atoms with Crippen molar-refractivity contribution in [1.82, 2.24) is 4.90 Å². The lowest BCUT2D eigenvalue weighted by Gasteiger charge is -2.32. The van der Waals surface area contributed by atoms with E-state index in [1.165, 1.54) is 14.0 Å². The van der Waals surface area contributed by atoms with Crippen molar-refractivity contribution in [1.29, 1.82) is 5.26 Å². The quantitative estimate of drug-likeness (QED) is 0.784. The Morgan fingerprint density at radius 2 is 1.95 bits per heavy atom. The van der Waals surface area contributed by atoms with E-state index in [1.54, 1.807) is 6.07 Å².